The smallest absolute Gasteiger partial charge is 0.338 e. The fourth-order valence-electron chi connectivity index (χ4n) is 3.04. The van der Waals surface area contributed by atoms with Crippen molar-refractivity contribution in [3.05, 3.63) is 58.6 Å². The van der Waals surface area contributed by atoms with E-state index in [1.54, 1.807) is 20.8 Å². The van der Waals surface area contributed by atoms with Crippen molar-refractivity contribution < 1.29 is 19.1 Å². The first-order valence-corrected chi connectivity index (χ1v) is 9.65. The van der Waals surface area contributed by atoms with Gasteiger partial charge in [-0.2, -0.15) is 0 Å². The molecule has 29 heavy (non-hydrogen) atoms. The molecule has 0 aliphatic carbocycles. The van der Waals surface area contributed by atoms with Crippen molar-refractivity contribution in [2.45, 2.75) is 33.6 Å². The molecule has 0 fully saturated rings. The topological polar surface area (TPSA) is 80.2 Å². The van der Waals surface area contributed by atoms with E-state index in [2.05, 4.69) is 10.3 Å². The highest BCUT2D eigenvalue weighted by molar-refractivity contribution is 6.00. The minimum Gasteiger partial charge on any atom is -0.463 e. The van der Waals surface area contributed by atoms with Crippen molar-refractivity contribution in [3.63, 3.8) is 0 Å². The van der Waals surface area contributed by atoms with E-state index in [4.69, 9.17) is 9.47 Å². The van der Waals surface area contributed by atoms with Gasteiger partial charge in [0.15, 0.2) is 0 Å². The summed E-state index contributed by atoms with van der Waals surface area (Å²) < 4.78 is 10.6. The van der Waals surface area contributed by atoms with Gasteiger partial charge in [0, 0.05) is 19.8 Å². The standard InChI is InChI=1S/C22H29N3O4/c1-7-28-21(26)17-14(3)23-20(24-15(4)25(5)6)19(22(27)29-8-2)18(17)16-12-10-9-11-13-16/h9-13,18,23H,7-8H2,1-6H3/b24-15+. The molecule has 0 bridgehead atoms. The predicted octanol–water partition coefficient (Wildman–Crippen LogP) is 2.97. The zero-order valence-corrected chi connectivity index (χ0v) is 17.9. The Labute approximate surface area is 172 Å². The molecule has 1 N–H and O–H groups in total. The fourth-order valence-corrected chi connectivity index (χ4v) is 3.04. The second-order valence-corrected chi connectivity index (χ2v) is 6.76. The summed E-state index contributed by atoms with van der Waals surface area (Å²) in [5.41, 5.74) is 2.04. The first-order valence-electron chi connectivity index (χ1n) is 9.65. The molecule has 156 valence electrons. The van der Waals surface area contributed by atoms with Gasteiger partial charge in [-0.25, -0.2) is 14.6 Å². The second-order valence-electron chi connectivity index (χ2n) is 6.76. The van der Waals surface area contributed by atoms with Crippen LogP contribution in [-0.4, -0.2) is 50.0 Å². The number of rotatable bonds is 6. The molecule has 1 heterocycles. The molecule has 0 spiro atoms. The average Bonchev–Trinajstić information content (AvgIpc) is 2.68. The molecular weight excluding hydrogens is 370 g/mol. The zero-order valence-electron chi connectivity index (χ0n) is 17.9. The van der Waals surface area contributed by atoms with E-state index in [0.29, 0.717) is 22.9 Å². The van der Waals surface area contributed by atoms with Crippen molar-refractivity contribution in [1.82, 2.24) is 10.2 Å². The molecule has 1 aromatic rings. The van der Waals surface area contributed by atoms with Gasteiger partial charge in [-0.3, -0.25) is 0 Å². The van der Waals surface area contributed by atoms with E-state index in [9.17, 15) is 9.59 Å². The van der Waals surface area contributed by atoms with E-state index < -0.39 is 17.9 Å². The number of nitrogens with zero attached hydrogens (tertiary/aromatic N) is 2. The lowest BCUT2D eigenvalue weighted by Crippen LogP contribution is -2.33. The maximum absolute atomic E-state index is 13.0. The van der Waals surface area contributed by atoms with Gasteiger partial charge in [-0.15, -0.1) is 0 Å². The molecule has 1 aliphatic heterocycles. The summed E-state index contributed by atoms with van der Waals surface area (Å²) in [7, 11) is 3.74. The summed E-state index contributed by atoms with van der Waals surface area (Å²) in [6, 6.07) is 9.37. The number of aliphatic imine (C=N–C) groups is 1. The molecule has 0 aromatic heterocycles. The van der Waals surface area contributed by atoms with Crippen LogP contribution >= 0.6 is 0 Å². The van der Waals surface area contributed by atoms with Gasteiger partial charge in [-0.05, 0) is 33.3 Å². The number of nitrogens with one attached hydrogen (secondary N) is 1. The van der Waals surface area contributed by atoms with Crippen LogP contribution in [0.15, 0.2) is 58.0 Å². The number of carbonyl (C=O) groups excluding carboxylic acids is 2. The average molecular weight is 399 g/mol. The number of ether oxygens (including phenoxy) is 2. The fraction of sp³-hybridized carbons (Fsp3) is 0.409. The molecule has 7 nitrogen and oxygen atoms in total. The van der Waals surface area contributed by atoms with Crippen molar-refractivity contribution in [1.29, 1.82) is 0 Å². The number of benzene rings is 1. The summed E-state index contributed by atoms with van der Waals surface area (Å²) in [4.78, 5) is 32.3. The highest BCUT2D eigenvalue weighted by atomic mass is 16.5. The summed E-state index contributed by atoms with van der Waals surface area (Å²) in [5, 5.41) is 3.12. The number of amidine groups is 1. The molecule has 1 aromatic carbocycles. The Kier molecular flexibility index (Phi) is 7.59. The molecule has 2 rings (SSSR count). The quantitative estimate of drug-likeness (QED) is 0.450. The lowest BCUT2D eigenvalue weighted by molar-refractivity contribution is -0.139. The van der Waals surface area contributed by atoms with E-state index in [1.165, 1.54) is 0 Å². The zero-order chi connectivity index (χ0) is 21.6. The number of esters is 2. The van der Waals surface area contributed by atoms with Crippen molar-refractivity contribution in [3.8, 4) is 0 Å². The first kappa shape index (κ1) is 22.2. The van der Waals surface area contributed by atoms with Crippen LogP contribution in [0, 0.1) is 0 Å². The van der Waals surface area contributed by atoms with Crippen molar-refractivity contribution in [2.75, 3.05) is 27.3 Å². The molecule has 1 atom stereocenters. The van der Waals surface area contributed by atoms with Crippen molar-refractivity contribution in [2.24, 2.45) is 4.99 Å². The van der Waals surface area contributed by atoms with Crippen LogP contribution in [0.2, 0.25) is 0 Å². The molecule has 0 radical (unpaired) electrons. The molecule has 7 heteroatoms. The van der Waals surface area contributed by atoms with Gasteiger partial charge in [0.05, 0.1) is 30.3 Å². The lowest BCUT2D eigenvalue weighted by atomic mass is 9.81. The van der Waals surface area contributed by atoms with Crippen LogP contribution in [0.5, 0.6) is 0 Å². The Morgan fingerprint density at radius 3 is 2.10 bits per heavy atom. The Bertz CT molecular complexity index is 854. The SMILES string of the molecule is CCOC(=O)C1=C(C)NC(/N=C(\C)N(C)C)=C(C(=O)OCC)C1c1ccccc1. The van der Waals surface area contributed by atoms with Gasteiger partial charge in [-0.1, -0.05) is 30.3 Å². The normalized spacial score (nSPS) is 17.0. The van der Waals surface area contributed by atoms with Crippen LogP contribution in [0.3, 0.4) is 0 Å². The molecule has 1 unspecified atom stereocenters. The molecular formula is C22H29N3O4. The highest BCUT2D eigenvalue weighted by Gasteiger charge is 2.39. The molecule has 0 saturated carbocycles. The van der Waals surface area contributed by atoms with E-state index in [1.807, 2.05) is 56.3 Å². The molecule has 1 aliphatic rings. The molecule has 0 amide bonds. The Morgan fingerprint density at radius 1 is 1.03 bits per heavy atom. The third-order valence-electron chi connectivity index (χ3n) is 4.59. The Morgan fingerprint density at radius 2 is 1.59 bits per heavy atom. The Hall–Kier alpha value is -3.09. The van der Waals surface area contributed by atoms with Crippen LogP contribution in [0.4, 0.5) is 0 Å². The minimum absolute atomic E-state index is 0.213. The number of allylic oxidation sites excluding steroid dienone is 1. The number of hydrogen-bond donors (Lipinski definition) is 1. The Balaban J connectivity index is 2.76. The van der Waals surface area contributed by atoms with E-state index in [0.717, 1.165) is 5.56 Å². The van der Waals surface area contributed by atoms with Crippen LogP contribution in [0.25, 0.3) is 0 Å². The van der Waals surface area contributed by atoms with E-state index >= 15 is 0 Å². The third-order valence-corrected chi connectivity index (χ3v) is 4.59. The van der Waals surface area contributed by atoms with Gasteiger partial charge in [0.25, 0.3) is 0 Å². The minimum atomic E-state index is -0.649. The van der Waals surface area contributed by atoms with Crippen molar-refractivity contribution >= 4 is 17.8 Å². The largest absolute Gasteiger partial charge is 0.463 e. The van der Waals surface area contributed by atoms with Crippen LogP contribution in [-0.2, 0) is 19.1 Å². The number of hydrogen-bond acceptors (Lipinski definition) is 6. The predicted molar refractivity (Wildman–Crippen MR) is 112 cm³/mol. The summed E-state index contributed by atoms with van der Waals surface area (Å²) in [6.45, 7) is 7.57. The summed E-state index contributed by atoms with van der Waals surface area (Å²) in [5.74, 6) is -0.569. The lowest BCUT2D eigenvalue weighted by Gasteiger charge is -2.30. The van der Waals surface area contributed by atoms with Gasteiger partial charge in [0.1, 0.15) is 11.7 Å². The number of dihydropyridines is 1. The maximum atomic E-state index is 13.0. The van der Waals surface area contributed by atoms with Crippen LogP contribution < -0.4 is 5.32 Å². The monoisotopic (exact) mass is 399 g/mol. The summed E-state index contributed by atoms with van der Waals surface area (Å²) >= 11 is 0. The highest BCUT2D eigenvalue weighted by Crippen LogP contribution is 2.39. The van der Waals surface area contributed by atoms with Gasteiger partial charge >= 0.3 is 11.9 Å². The van der Waals surface area contributed by atoms with Crippen LogP contribution in [0.1, 0.15) is 39.2 Å². The van der Waals surface area contributed by atoms with Gasteiger partial charge in [0.2, 0.25) is 0 Å². The molecule has 0 saturated heterocycles. The number of carbonyl (C=O) groups is 2. The summed E-state index contributed by atoms with van der Waals surface area (Å²) in [6.07, 6.45) is 0. The van der Waals surface area contributed by atoms with E-state index in [-0.39, 0.29) is 18.8 Å². The third kappa shape index (κ3) is 5.04. The second kappa shape index (κ2) is 9.91. The maximum Gasteiger partial charge on any atom is 0.338 e. The van der Waals surface area contributed by atoms with Gasteiger partial charge < -0.3 is 19.7 Å². The first-order chi connectivity index (χ1) is 13.8.